The van der Waals surface area contributed by atoms with Crippen LogP contribution in [0.2, 0.25) is 0 Å². The minimum atomic E-state index is -3.19. The molecule has 0 aliphatic heterocycles. The van der Waals surface area contributed by atoms with E-state index in [1.165, 1.54) is 24.3 Å². The number of amides is 1. The molecule has 0 heterocycles. The average Bonchev–Trinajstić information content (AvgIpc) is 2.17. The van der Waals surface area contributed by atoms with Crippen LogP contribution in [0, 0.1) is 0 Å². The van der Waals surface area contributed by atoms with Gasteiger partial charge in [-0.2, -0.15) is 0 Å². The molecule has 0 radical (unpaired) electrons. The Morgan fingerprint density at radius 3 is 2.20 bits per heavy atom. The van der Waals surface area contributed by atoms with E-state index in [4.69, 9.17) is 0 Å². The highest BCUT2D eigenvalue weighted by Gasteiger charge is 2.08. The topological polar surface area (TPSA) is 63.2 Å². The Morgan fingerprint density at radius 2 is 1.80 bits per heavy atom. The minimum Gasteiger partial charge on any atom is -0.352 e. The zero-order valence-corrected chi connectivity index (χ0v) is 9.47. The maximum atomic E-state index is 11.3. The molecule has 0 bridgehead atoms. The molecular formula is C10H13NO3S. The fraction of sp³-hybridized carbons (Fsp3) is 0.300. The van der Waals surface area contributed by atoms with Crippen LogP contribution in [0.3, 0.4) is 0 Å². The highest BCUT2D eigenvalue weighted by Crippen LogP contribution is 2.09. The lowest BCUT2D eigenvalue weighted by Gasteiger charge is -2.02. The zero-order valence-electron chi connectivity index (χ0n) is 8.65. The summed E-state index contributed by atoms with van der Waals surface area (Å²) >= 11 is 0. The van der Waals surface area contributed by atoms with Crippen molar-refractivity contribution in [3.63, 3.8) is 0 Å². The van der Waals surface area contributed by atoms with Crippen molar-refractivity contribution in [2.75, 3.05) is 12.8 Å². The standard InChI is InChI=1S/C10H13NO3S/c1-3-11-10(12)8-4-6-9(7-5-8)15(2,13)14/h4-7H,3H2,1-2H3,(H,11,12). The van der Waals surface area contributed by atoms with Crippen LogP contribution in [-0.4, -0.2) is 27.1 Å². The predicted octanol–water partition coefficient (Wildman–Crippen LogP) is 0.840. The van der Waals surface area contributed by atoms with Crippen LogP contribution in [0.4, 0.5) is 0 Å². The van der Waals surface area contributed by atoms with Crippen LogP contribution >= 0.6 is 0 Å². The minimum absolute atomic E-state index is 0.197. The smallest absolute Gasteiger partial charge is 0.251 e. The molecule has 0 aliphatic rings. The Morgan fingerprint density at radius 1 is 1.27 bits per heavy atom. The summed E-state index contributed by atoms with van der Waals surface area (Å²) in [4.78, 5) is 11.6. The van der Waals surface area contributed by atoms with E-state index >= 15 is 0 Å². The third kappa shape index (κ3) is 3.06. The van der Waals surface area contributed by atoms with E-state index in [9.17, 15) is 13.2 Å². The molecule has 1 N–H and O–H groups in total. The molecule has 4 nitrogen and oxygen atoms in total. The number of rotatable bonds is 3. The van der Waals surface area contributed by atoms with Gasteiger partial charge in [0.2, 0.25) is 0 Å². The second-order valence-corrected chi connectivity index (χ2v) is 5.17. The normalized spacial score (nSPS) is 11.1. The molecule has 0 aliphatic carbocycles. The Kier molecular flexibility index (Phi) is 3.47. The van der Waals surface area contributed by atoms with E-state index in [1.54, 1.807) is 0 Å². The van der Waals surface area contributed by atoms with Gasteiger partial charge < -0.3 is 5.32 Å². The van der Waals surface area contributed by atoms with E-state index in [2.05, 4.69) is 5.32 Å². The first-order chi connectivity index (χ1) is 6.95. The number of nitrogens with one attached hydrogen (secondary N) is 1. The molecule has 0 saturated heterocycles. The molecule has 5 heteroatoms. The number of sulfone groups is 1. The maximum absolute atomic E-state index is 11.3. The van der Waals surface area contributed by atoms with Gasteiger partial charge in [0.25, 0.3) is 5.91 Å². The van der Waals surface area contributed by atoms with Crippen LogP contribution < -0.4 is 5.32 Å². The molecule has 82 valence electrons. The van der Waals surface area contributed by atoms with E-state index in [-0.39, 0.29) is 10.8 Å². The van der Waals surface area contributed by atoms with Gasteiger partial charge in [-0.25, -0.2) is 8.42 Å². The molecule has 0 unspecified atom stereocenters. The first kappa shape index (κ1) is 11.7. The van der Waals surface area contributed by atoms with Crippen molar-refractivity contribution >= 4 is 15.7 Å². The summed E-state index contributed by atoms with van der Waals surface area (Å²) in [5, 5.41) is 2.63. The fourth-order valence-electron chi connectivity index (χ4n) is 1.12. The molecule has 0 saturated carbocycles. The molecule has 0 fully saturated rings. The molecule has 1 aromatic carbocycles. The number of hydrogen-bond acceptors (Lipinski definition) is 3. The summed E-state index contributed by atoms with van der Waals surface area (Å²) in [7, 11) is -3.19. The Balaban J connectivity index is 2.96. The van der Waals surface area contributed by atoms with E-state index in [1.807, 2.05) is 6.92 Å². The molecule has 1 amide bonds. The SMILES string of the molecule is CCNC(=O)c1ccc(S(C)(=O)=O)cc1. The Bertz CT molecular complexity index is 448. The van der Waals surface area contributed by atoms with Gasteiger partial charge >= 0.3 is 0 Å². The van der Waals surface area contributed by atoms with Crippen molar-refractivity contribution in [2.24, 2.45) is 0 Å². The summed E-state index contributed by atoms with van der Waals surface area (Å²) in [6.07, 6.45) is 1.13. The highest BCUT2D eigenvalue weighted by atomic mass is 32.2. The Labute approximate surface area is 89.2 Å². The predicted molar refractivity (Wildman–Crippen MR) is 57.6 cm³/mol. The molecule has 0 spiro atoms. The van der Waals surface area contributed by atoms with Crippen molar-refractivity contribution in [3.05, 3.63) is 29.8 Å². The maximum Gasteiger partial charge on any atom is 0.251 e. The van der Waals surface area contributed by atoms with Crippen molar-refractivity contribution in [2.45, 2.75) is 11.8 Å². The van der Waals surface area contributed by atoms with Crippen LogP contribution in [0.1, 0.15) is 17.3 Å². The van der Waals surface area contributed by atoms with Crippen molar-refractivity contribution < 1.29 is 13.2 Å². The number of carbonyl (C=O) groups excluding carboxylic acids is 1. The molecule has 15 heavy (non-hydrogen) atoms. The highest BCUT2D eigenvalue weighted by molar-refractivity contribution is 7.90. The van der Waals surface area contributed by atoms with Crippen LogP contribution in [0.5, 0.6) is 0 Å². The van der Waals surface area contributed by atoms with Gasteiger partial charge in [0.05, 0.1) is 4.90 Å². The van der Waals surface area contributed by atoms with Gasteiger partial charge in [0.15, 0.2) is 9.84 Å². The summed E-state index contributed by atoms with van der Waals surface area (Å²) in [6.45, 7) is 2.37. The first-order valence-electron chi connectivity index (χ1n) is 4.53. The van der Waals surface area contributed by atoms with Crippen LogP contribution in [0.25, 0.3) is 0 Å². The molecule has 1 rings (SSSR count). The third-order valence-corrected chi connectivity index (χ3v) is 3.01. The van der Waals surface area contributed by atoms with Crippen molar-refractivity contribution in [1.29, 1.82) is 0 Å². The second kappa shape index (κ2) is 4.44. The van der Waals surface area contributed by atoms with Gasteiger partial charge in [-0.05, 0) is 31.2 Å². The quantitative estimate of drug-likeness (QED) is 0.832. The summed E-state index contributed by atoms with van der Waals surface area (Å²) in [6, 6.07) is 5.86. The average molecular weight is 227 g/mol. The molecule has 1 aromatic rings. The summed E-state index contributed by atoms with van der Waals surface area (Å²) < 4.78 is 22.3. The second-order valence-electron chi connectivity index (χ2n) is 3.16. The molecular weight excluding hydrogens is 214 g/mol. The van der Waals surface area contributed by atoms with Gasteiger partial charge in [0.1, 0.15) is 0 Å². The van der Waals surface area contributed by atoms with Gasteiger partial charge in [-0.3, -0.25) is 4.79 Å². The van der Waals surface area contributed by atoms with Gasteiger partial charge in [0, 0.05) is 18.4 Å². The summed E-state index contributed by atoms with van der Waals surface area (Å²) in [5.41, 5.74) is 0.462. The largest absolute Gasteiger partial charge is 0.352 e. The zero-order chi connectivity index (χ0) is 11.5. The van der Waals surface area contributed by atoms with Gasteiger partial charge in [-0.15, -0.1) is 0 Å². The number of benzene rings is 1. The number of carbonyl (C=O) groups is 1. The first-order valence-corrected chi connectivity index (χ1v) is 6.42. The van der Waals surface area contributed by atoms with E-state index in [0.29, 0.717) is 12.1 Å². The Hall–Kier alpha value is -1.36. The lowest BCUT2D eigenvalue weighted by Crippen LogP contribution is -2.22. The van der Waals surface area contributed by atoms with E-state index in [0.717, 1.165) is 6.26 Å². The van der Waals surface area contributed by atoms with Crippen LogP contribution in [-0.2, 0) is 9.84 Å². The van der Waals surface area contributed by atoms with Gasteiger partial charge in [-0.1, -0.05) is 0 Å². The molecule has 0 aromatic heterocycles. The summed E-state index contributed by atoms with van der Waals surface area (Å²) in [5.74, 6) is -0.197. The fourth-order valence-corrected chi connectivity index (χ4v) is 1.75. The van der Waals surface area contributed by atoms with Crippen molar-refractivity contribution in [1.82, 2.24) is 5.32 Å². The van der Waals surface area contributed by atoms with E-state index < -0.39 is 9.84 Å². The van der Waals surface area contributed by atoms with Crippen molar-refractivity contribution in [3.8, 4) is 0 Å². The van der Waals surface area contributed by atoms with Crippen LogP contribution in [0.15, 0.2) is 29.2 Å². The lowest BCUT2D eigenvalue weighted by atomic mass is 10.2. The lowest BCUT2D eigenvalue weighted by molar-refractivity contribution is 0.0955. The third-order valence-electron chi connectivity index (χ3n) is 1.88. The number of hydrogen-bond donors (Lipinski definition) is 1. The molecule has 0 atom stereocenters. The monoisotopic (exact) mass is 227 g/mol.